The Balaban J connectivity index is 2.20. The van der Waals surface area contributed by atoms with E-state index in [2.05, 4.69) is 5.32 Å². The molecule has 8 heteroatoms. The number of aryl methyl sites for hydroxylation is 2. The molecule has 1 amide bonds. The van der Waals surface area contributed by atoms with Crippen molar-refractivity contribution >= 4 is 21.6 Å². The van der Waals surface area contributed by atoms with Crippen LogP contribution in [0.4, 0.5) is 14.5 Å². The van der Waals surface area contributed by atoms with E-state index in [0.29, 0.717) is 10.4 Å². The van der Waals surface area contributed by atoms with E-state index >= 15 is 0 Å². The lowest BCUT2D eigenvalue weighted by Crippen LogP contribution is -2.41. The Bertz CT molecular complexity index is 961. The van der Waals surface area contributed by atoms with Gasteiger partial charge in [0.05, 0.1) is 18.0 Å². The number of halogens is 2. The van der Waals surface area contributed by atoms with E-state index in [1.807, 2.05) is 32.0 Å². The number of benzene rings is 2. The summed E-state index contributed by atoms with van der Waals surface area (Å²) in [5.41, 5.74) is 2.67. The average molecular weight is 396 g/mol. The van der Waals surface area contributed by atoms with Gasteiger partial charge in [0, 0.05) is 6.07 Å². The van der Waals surface area contributed by atoms with Crippen molar-refractivity contribution in [2.24, 2.45) is 0 Å². The van der Waals surface area contributed by atoms with Crippen LogP contribution in [0, 0.1) is 25.5 Å². The first kappa shape index (κ1) is 20.8. The van der Waals surface area contributed by atoms with Crippen LogP contribution in [-0.4, -0.2) is 27.1 Å². The summed E-state index contributed by atoms with van der Waals surface area (Å²) in [5.74, 6) is -2.50. The van der Waals surface area contributed by atoms with Crippen LogP contribution in [0.1, 0.15) is 29.7 Å². The third kappa shape index (κ3) is 5.26. The molecule has 0 unspecified atom stereocenters. The molecule has 0 saturated carbocycles. The smallest absolute Gasteiger partial charge is 0.241 e. The number of anilines is 1. The van der Waals surface area contributed by atoms with Gasteiger partial charge in [-0.1, -0.05) is 18.2 Å². The van der Waals surface area contributed by atoms with Crippen LogP contribution in [0.25, 0.3) is 0 Å². The summed E-state index contributed by atoms with van der Waals surface area (Å²) in [6.45, 7) is 5.08. The van der Waals surface area contributed by atoms with Crippen molar-refractivity contribution in [1.29, 1.82) is 0 Å². The van der Waals surface area contributed by atoms with Gasteiger partial charge in [0.2, 0.25) is 15.9 Å². The van der Waals surface area contributed by atoms with E-state index in [0.717, 1.165) is 35.1 Å². The molecule has 1 N–H and O–H groups in total. The first-order chi connectivity index (χ1) is 12.5. The molecule has 0 bridgehead atoms. The molecule has 0 heterocycles. The maximum absolute atomic E-state index is 14.0. The summed E-state index contributed by atoms with van der Waals surface area (Å²) >= 11 is 0. The zero-order valence-corrected chi connectivity index (χ0v) is 16.4. The highest BCUT2D eigenvalue weighted by atomic mass is 32.2. The van der Waals surface area contributed by atoms with Crippen LogP contribution in [0.3, 0.4) is 0 Å². The maximum Gasteiger partial charge on any atom is 0.241 e. The van der Waals surface area contributed by atoms with Crippen molar-refractivity contribution in [1.82, 2.24) is 5.32 Å². The second-order valence-corrected chi connectivity index (χ2v) is 8.41. The van der Waals surface area contributed by atoms with Gasteiger partial charge >= 0.3 is 0 Å². The van der Waals surface area contributed by atoms with E-state index in [9.17, 15) is 22.0 Å². The van der Waals surface area contributed by atoms with E-state index in [4.69, 9.17) is 0 Å². The van der Waals surface area contributed by atoms with Crippen molar-refractivity contribution < 1.29 is 22.0 Å². The van der Waals surface area contributed by atoms with Gasteiger partial charge in [-0.3, -0.25) is 9.10 Å². The highest BCUT2D eigenvalue weighted by molar-refractivity contribution is 7.92. The number of nitrogens with one attached hydrogen (secondary N) is 1. The molecule has 146 valence electrons. The standard InChI is InChI=1S/C19H22F2N2O3S/c1-12-5-6-15(9-13(12)2)14(3)22-19(24)11-23(27(4,25)26)18-8-7-16(20)10-17(18)21/h5-10,14H,11H2,1-4H3,(H,22,24)/t14-/m0/s1. The molecule has 0 aliphatic rings. The minimum absolute atomic E-state index is 0.365. The summed E-state index contributed by atoms with van der Waals surface area (Å²) in [4.78, 5) is 12.4. The molecule has 2 aromatic rings. The normalized spacial score (nSPS) is 12.5. The van der Waals surface area contributed by atoms with E-state index in [1.165, 1.54) is 0 Å². The summed E-state index contributed by atoms with van der Waals surface area (Å²) in [6, 6.07) is 7.89. The van der Waals surface area contributed by atoms with Gasteiger partial charge in [0.25, 0.3) is 0 Å². The fourth-order valence-electron chi connectivity index (χ4n) is 2.60. The predicted molar refractivity (Wildman–Crippen MR) is 101 cm³/mol. The summed E-state index contributed by atoms with van der Waals surface area (Å²) in [7, 11) is -3.95. The number of carbonyl (C=O) groups excluding carboxylic acids is 1. The Morgan fingerprint density at radius 3 is 2.33 bits per heavy atom. The molecule has 27 heavy (non-hydrogen) atoms. The van der Waals surface area contributed by atoms with Crippen LogP contribution < -0.4 is 9.62 Å². The summed E-state index contributed by atoms with van der Waals surface area (Å²) in [6.07, 6.45) is 0.857. The number of amides is 1. The van der Waals surface area contributed by atoms with Crippen LogP contribution in [-0.2, 0) is 14.8 Å². The molecule has 0 aromatic heterocycles. The Hall–Kier alpha value is -2.48. The Morgan fingerprint density at radius 2 is 1.78 bits per heavy atom. The van der Waals surface area contributed by atoms with Gasteiger partial charge in [-0.25, -0.2) is 17.2 Å². The van der Waals surface area contributed by atoms with Gasteiger partial charge in [0.15, 0.2) is 0 Å². The Morgan fingerprint density at radius 1 is 1.11 bits per heavy atom. The lowest BCUT2D eigenvalue weighted by atomic mass is 10.0. The molecule has 1 atom stereocenters. The molecule has 0 radical (unpaired) electrons. The fraction of sp³-hybridized carbons (Fsp3) is 0.316. The molecule has 2 aromatic carbocycles. The van der Waals surface area contributed by atoms with Gasteiger partial charge in [-0.15, -0.1) is 0 Å². The maximum atomic E-state index is 14.0. The van der Waals surface area contributed by atoms with Gasteiger partial charge in [-0.05, 0) is 49.6 Å². The monoisotopic (exact) mass is 396 g/mol. The Labute approximate surface area is 158 Å². The molecule has 0 fully saturated rings. The van der Waals surface area contributed by atoms with Crippen molar-refractivity contribution in [3.63, 3.8) is 0 Å². The third-order valence-corrected chi connectivity index (χ3v) is 5.40. The number of nitrogens with zero attached hydrogens (tertiary/aromatic N) is 1. The van der Waals surface area contributed by atoms with E-state index in [-0.39, 0.29) is 11.7 Å². The first-order valence-electron chi connectivity index (χ1n) is 8.28. The molecule has 0 spiro atoms. The SMILES string of the molecule is Cc1ccc([C@H](C)NC(=O)CN(c2ccc(F)cc2F)S(C)(=O)=O)cc1C. The van der Waals surface area contributed by atoms with Crippen LogP contribution in [0.15, 0.2) is 36.4 Å². The number of hydrogen-bond donors (Lipinski definition) is 1. The number of rotatable bonds is 6. The fourth-order valence-corrected chi connectivity index (χ4v) is 3.46. The molecular formula is C19H22F2N2O3S. The van der Waals surface area contributed by atoms with Gasteiger partial charge < -0.3 is 5.32 Å². The Kier molecular flexibility index (Phi) is 6.20. The van der Waals surface area contributed by atoms with Gasteiger partial charge in [-0.2, -0.15) is 0 Å². The van der Waals surface area contributed by atoms with Crippen LogP contribution in [0.5, 0.6) is 0 Å². The minimum Gasteiger partial charge on any atom is -0.348 e. The number of sulfonamides is 1. The molecule has 0 aliphatic carbocycles. The second kappa shape index (κ2) is 8.04. The van der Waals surface area contributed by atoms with Crippen molar-refractivity contribution in [2.45, 2.75) is 26.8 Å². The van der Waals surface area contributed by atoms with E-state index in [1.54, 1.807) is 6.92 Å². The van der Waals surface area contributed by atoms with E-state index < -0.39 is 34.1 Å². The largest absolute Gasteiger partial charge is 0.348 e. The van der Waals surface area contributed by atoms with Crippen molar-refractivity contribution in [2.75, 3.05) is 17.1 Å². The number of carbonyl (C=O) groups is 1. The second-order valence-electron chi connectivity index (χ2n) is 6.50. The summed E-state index contributed by atoms with van der Waals surface area (Å²) in [5, 5.41) is 2.70. The predicted octanol–water partition coefficient (Wildman–Crippen LogP) is 3.23. The van der Waals surface area contributed by atoms with Crippen molar-refractivity contribution in [3.05, 3.63) is 64.7 Å². The molecule has 2 rings (SSSR count). The number of hydrogen-bond acceptors (Lipinski definition) is 3. The molecule has 0 saturated heterocycles. The van der Waals surface area contributed by atoms with Crippen LogP contribution >= 0.6 is 0 Å². The summed E-state index contributed by atoms with van der Waals surface area (Å²) < 4.78 is 51.8. The lowest BCUT2D eigenvalue weighted by Gasteiger charge is -2.23. The molecular weight excluding hydrogens is 374 g/mol. The topological polar surface area (TPSA) is 66.5 Å². The highest BCUT2D eigenvalue weighted by Gasteiger charge is 2.24. The third-order valence-electron chi connectivity index (χ3n) is 4.27. The lowest BCUT2D eigenvalue weighted by molar-refractivity contribution is -0.120. The zero-order chi connectivity index (χ0) is 20.4. The molecule has 5 nitrogen and oxygen atoms in total. The minimum atomic E-state index is -3.95. The quantitative estimate of drug-likeness (QED) is 0.815. The van der Waals surface area contributed by atoms with Gasteiger partial charge in [0.1, 0.15) is 18.2 Å². The van der Waals surface area contributed by atoms with Crippen molar-refractivity contribution in [3.8, 4) is 0 Å². The van der Waals surface area contributed by atoms with Crippen LogP contribution in [0.2, 0.25) is 0 Å². The highest BCUT2D eigenvalue weighted by Crippen LogP contribution is 2.23. The first-order valence-corrected chi connectivity index (χ1v) is 10.1. The average Bonchev–Trinajstić information content (AvgIpc) is 2.54. The molecule has 0 aliphatic heterocycles. The zero-order valence-electron chi connectivity index (χ0n) is 15.6.